The molecule has 11 heavy (non-hydrogen) atoms. The van der Waals surface area contributed by atoms with Gasteiger partial charge in [-0.3, -0.25) is 4.79 Å². The standard InChI is InChI=1S/C9H14O2/c1-7(9(10)11)8-5-3-2-4-6-8/h3,5,7-8H,2,4,6H2,1H3,(H,10,11)/t7-,8-/m1/s1. The van der Waals surface area contributed by atoms with Crippen LogP contribution in [0.25, 0.3) is 0 Å². The van der Waals surface area contributed by atoms with Crippen molar-refractivity contribution in [2.75, 3.05) is 0 Å². The quantitative estimate of drug-likeness (QED) is 0.618. The van der Waals surface area contributed by atoms with Gasteiger partial charge in [-0.25, -0.2) is 0 Å². The molecule has 0 aromatic heterocycles. The normalized spacial score (nSPS) is 26.5. The van der Waals surface area contributed by atoms with Gasteiger partial charge in [0.2, 0.25) is 0 Å². The van der Waals surface area contributed by atoms with E-state index in [1.807, 2.05) is 6.08 Å². The summed E-state index contributed by atoms with van der Waals surface area (Å²) in [6.45, 7) is 1.78. The highest BCUT2D eigenvalue weighted by Gasteiger charge is 2.21. The van der Waals surface area contributed by atoms with Gasteiger partial charge in [-0.1, -0.05) is 19.1 Å². The lowest BCUT2D eigenvalue weighted by Crippen LogP contribution is -2.20. The average Bonchev–Trinajstić information content (AvgIpc) is 2.05. The second kappa shape index (κ2) is 3.56. The van der Waals surface area contributed by atoms with Gasteiger partial charge in [0.1, 0.15) is 0 Å². The van der Waals surface area contributed by atoms with Gasteiger partial charge in [0.25, 0.3) is 0 Å². The minimum absolute atomic E-state index is 0.216. The van der Waals surface area contributed by atoms with E-state index in [2.05, 4.69) is 6.08 Å². The fourth-order valence-electron chi connectivity index (χ4n) is 1.44. The maximum absolute atomic E-state index is 10.6. The SMILES string of the molecule is C[C@@H](C(=O)O)[C@@H]1C=CCCC1. The Hall–Kier alpha value is -0.790. The van der Waals surface area contributed by atoms with Gasteiger partial charge in [0.05, 0.1) is 5.92 Å². The van der Waals surface area contributed by atoms with Crippen LogP contribution in [0.3, 0.4) is 0 Å². The van der Waals surface area contributed by atoms with Crippen molar-refractivity contribution in [3.63, 3.8) is 0 Å². The summed E-state index contributed by atoms with van der Waals surface area (Å²) in [6.07, 6.45) is 7.42. The highest BCUT2D eigenvalue weighted by molar-refractivity contribution is 5.70. The van der Waals surface area contributed by atoms with Gasteiger partial charge in [-0.05, 0) is 25.2 Å². The maximum Gasteiger partial charge on any atom is 0.306 e. The van der Waals surface area contributed by atoms with E-state index in [-0.39, 0.29) is 11.8 Å². The molecule has 0 aliphatic heterocycles. The Kier molecular flexibility index (Phi) is 2.69. The molecule has 0 spiro atoms. The lowest BCUT2D eigenvalue weighted by atomic mass is 9.86. The summed E-state index contributed by atoms with van der Waals surface area (Å²) in [4.78, 5) is 10.6. The van der Waals surface area contributed by atoms with E-state index in [1.165, 1.54) is 0 Å². The molecule has 0 unspecified atom stereocenters. The van der Waals surface area contributed by atoms with Crippen molar-refractivity contribution in [1.29, 1.82) is 0 Å². The van der Waals surface area contributed by atoms with E-state index in [0.717, 1.165) is 19.3 Å². The van der Waals surface area contributed by atoms with Crippen LogP contribution in [0.2, 0.25) is 0 Å². The minimum Gasteiger partial charge on any atom is -0.481 e. The molecule has 2 heteroatoms. The second-order valence-corrected chi connectivity index (χ2v) is 3.15. The fraction of sp³-hybridized carbons (Fsp3) is 0.667. The van der Waals surface area contributed by atoms with E-state index in [4.69, 9.17) is 5.11 Å². The van der Waals surface area contributed by atoms with E-state index in [0.29, 0.717) is 0 Å². The van der Waals surface area contributed by atoms with Crippen LogP contribution < -0.4 is 0 Å². The first-order valence-electron chi connectivity index (χ1n) is 4.11. The highest BCUT2D eigenvalue weighted by Crippen LogP contribution is 2.24. The van der Waals surface area contributed by atoms with Gasteiger partial charge in [-0.15, -0.1) is 0 Å². The van der Waals surface area contributed by atoms with Crippen LogP contribution in [0.15, 0.2) is 12.2 Å². The first-order chi connectivity index (χ1) is 5.22. The molecule has 1 aliphatic rings. The molecule has 0 radical (unpaired) electrons. The number of carboxylic acids is 1. The zero-order valence-electron chi connectivity index (χ0n) is 6.79. The lowest BCUT2D eigenvalue weighted by molar-refractivity contribution is -0.142. The molecule has 2 nitrogen and oxygen atoms in total. The van der Waals surface area contributed by atoms with E-state index in [9.17, 15) is 4.79 Å². The van der Waals surface area contributed by atoms with Crippen LogP contribution in [-0.4, -0.2) is 11.1 Å². The Morgan fingerprint density at radius 1 is 1.73 bits per heavy atom. The predicted molar refractivity (Wildman–Crippen MR) is 43.3 cm³/mol. The molecule has 0 amide bonds. The van der Waals surface area contributed by atoms with Gasteiger partial charge < -0.3 is 5.11 Å². The minimum atomic E-state index is -0.679. The Labute approximate surface area is 66.9 Å². The zero-order valence-corrected chi connectivity index (χ0v) is 6.79. The van der Waals surface area contributed by atoms with Crippen LogP contribution in [0.4, 0.5) is 0 Å². The van der Waals surface area contributed by atoms with Crippen LogP contribution in [0, 0.1) is 11.8 Å². The Balaban J connectivity index is 2.52. The number of hydrogen-bond acceptors (Lipinski definition) is 1. The average molecular weight is 154 g/mol. The molecule has 62 valence electrons. The first-order valence-corrected chi connectivity index (χ1v) is 4.11. The molecule has 0 aromatic rings. The van der Waals surface area contributed by atoms with Crippen molar-refractivity contribution in [2.24, 2.45) is 11.8 Å². The largest absolute Gasteiger partial charge is 0.481 e. The van der Waals surface area contributed by atoms with Gasteiger partial charge >= 0.3 is 5.97 Å². The fourth-order valence-corrected chi connectivity index (χ4v) is 1.44. The monoisotopic (exact) mass is 154 g/mol. The molecule has 0 saturated carbocycles. The van der Waals surface area contributed by atoms with Crippen LogP contribution in [-0.2, 0) is 4.79 Å². The Morgan fingerprint density at radius 3 is 2.91 bits per heavy atom. The Bertz CT molecular complexity index is 172. The summed E-state index contributed by atoms with van der Waals surface area (Å²) in [6, 6.07) is 0. The molecule has 0 heterocycles. The van der Waals surface area contributed by atoms with E-state index in [1.54, 1.807) is 6.92 Å². The predicted octanol–water partition coefficient (Wildman–Crippen LogP) is 2.06. The van der Waals surface area contributed by atoms with Gasteiger partial charge in [-0.2, -0.15) is 0 Å². The van der Waals surface area contributed by atoms with Crippen molar-refractivity contribution in [2.45, 2.75) is 26.2 Å². The smallest absolute Gasteiger partial charge is 0.306 e. The second-order valence-electron chi connectivity index (χ2n) is 3.15. The van der Waals surface area contributed by atoms with Gasteiger partial charge in [0, 0.05) is 0 Å². The van der Waals surface area contributed by atoms with Gasteiger partial charge in [0.15, 0.2) is 0 Å². The number of carbonyl (C=O) groups is 1. The number of carboxylic acid groups (broad SMARTS) is 1. The summed E-state index contributed by atoms with van der Waals surface area (Å²) in [5.74, 6) is -0.630. The summed E-state index contributed by atoms with van der Waals surface area (Å²) >= 11 is 0. The summed E-state index contributed by atoms with van der Waals surface area (Å²) in [5, 5.41) is 8.70. The highest BCUT2D eigenvalue weighted by atomic mass is 16.4. The number of allylic oxidation sites excluding steroid dienone is 2. The van der Waals surface area contributed by atoms with Crippen molar-refractivity contribution in [3.05, 3.63) is 12.2 Å². The maximum atomic E-state index is 10.6. The first kappa shape index (κ1) is 8.31. The molecule has 1 N–H and O–H groups in total. The third kappa shape index (κ3) is 2.07. The van der Waals surface area contributed by atoms with Crippen LogP contribution >= 0.6 is 0 Å². The molecule has 2 atom stereocenters. The number of rotatable bonds is 2. The van der Waals surface area contributed by atoms with Crippen molar-refractivity contribution in [1.82, 2.24) is 0 Å². The summed E-state index contributed by atoms with van der Waals surface area (Å²) in [7, 11) is 0. The van der Waals surface area contributed by atoms with Crippen molar-refractivity contribution >= 4 is 5.97 Å². The lowest BCUT2D eigenvalue weighted by Gasteiger charge is -2.19. The van der Waals surface area contributed by atoms with Crippen LogP contribution in [0.1, 0.15) is 26.2 Å². The zero-order chi connectivity index (χ0) is 8.27. The van der Waals surface area contributed by atoms with Crippen molar-refractivity contribution < 1.29 is 9.90 Å². The molecule has 0 fully saturated rings. The van der Waals surface area contributed by atoms with E-state index >= 15 is 0 Å². The molecule has 1 rings (SSSR count). The third-order valence-corrected chi connectivity index (χ3v) is 2.32. The Morgan fingerprint density at radius 2 is 2.45 bits per heavy atom. The topological polar surface area (TPSA) is 37.3 Å². The number of aliphatic carboxylic acids is 1. The molecular weight excluding hydrogens is 140 g/mol. The van der Waals surface area contributed by atoms with Crippen molar-refractivity contribution in [3.8, 4) is 0 Å². The summed E-state index contributed by atoms with van der Waals surface area (Å²) in [5.41, 5.74) is 0. The van der Waals surface area contributed by atoms with Crippen LogP contribution in [0.5, 0.6) is 0 Å². The van der Waals surface area contributed by atoms with E-state index < -0.39 is 5.97 Å². The summed E-state index contributed by atoms with van der Waals surface area (Å²) < 4.78 is 0. The molecule has 1 aliphatic carbocycles. The molecule has 0 bridgehead atoms. The molecule has 0 aromatic carbocycles. The number of hydrogen-bond donors (Lipinski definition) is 1. The molecular formula is C9H14O2. The molecule has 0 saturated heterocycles. The third-order valence-electron chi connectivity index (χ3n) is 2.32.